The van der Waals surface area contributed by atoms with E-state index >= 15 is 0 Å². The molecule has 0 radical (unpaired) electrons. The summed E-state index contributed by atoms with van der Waals surface area (Å²) in [4.78, 5) is 35.1. The maximum absolute atomic E-state index is 11.9. The van der Waals surface area contributed by atoms with Crippen molar-refractivity contribution < 1.29 is 24.2 Å². The zero-order valence-electron chi connectivity index (χ0n) is 11.0. The van der Waals surface area contributed by atoms with Crippen LogP contribution < -0.4 is 11.1 Å². The lowest BCUT2D eigenvalue weighted by atomic mass is 10.2. The Labute approximate surface area is 110 Å². The number of aliphatic carboxylic acids is 1. The second-order valence-corrected chi connectivity index (χ2v) is 4.67. The Morgan fingerprint density at radius 1 is 1.37 bits per heavy atom. The lowest BCUT2D eigenvalue weighted by Gasteiger charge is -2.35. The second-order valence-electron chi connectivity index (χ2n) is 4.67. The fourth-order valence-corrected chi connectivity index (χ4v) is 1.99. The number of primary amides is 1. The molecule has 108 valence electrons. The molecule has 1 saturated heterocycles. The van der Waals surface area contributed by atoms with Crippen LogP contribution in [0.2, 0.25) is 0 Å². The number of nitrogens with one attached hydrogen (secondary N) is 1. The number of nitrogens with two attached hydrogens (primary N) is 1. The molecule has 0 aromatic rings. The number of amides is 3. The third-order valence-corrected chi connectivity index (χ3v) is 2.71. The quantitative estimate of drug-likeness (QED) is 0.615. The largest absolute Gasteiger partial charge is 0.480 e. The number of rotatable bonds is 4. The zero-order valence-corrected chi connectivity index (χ0v) is 11.0. The molecule has 4 N–H and O–H groups in total. The molecule has 3 amide bonds. The Hall–Kier alpha value is -1.83. The number of morpholine rings is 1. The minimum absolute atomic E-state index is 0.117. The number of nitrogens with zero attached hydrogens (tertiary/aromatic N) is 1. The number of urea groups is 1. The van der Waals surface area contributed by atoms with Gasteiger partial charge in [0.15, 0.2) is 0 Å². The minimum atomic E-state index is -1.31. The fraction of sp³-hybridized carbons (Fsp3) is 0.727. The fourth-order valence-electron chi connectivity index (χ4n) is 1.99. The van der Waals surface area contributed by atoms with E-state index in [9.17, 15) is 14.4 Å². The van der Waals surface area contributed by atoms with Crippen molar-refractivity contribution >= 4 is 17.9 Å². The van der Waals surface area contributed by atoms with Crippen molar-refractivity contribution in [2.45, 2.75) is 38.5 Å². The first kappa shape index (κ1) is 15.2. The van der Waals surface area contributed by atoms with Gasteiger partial charge in [-0.1, -0.05) is 0 Å². The smallest absolute Gasteiger partial charge is 0.326 e. The molecular formula is C11H19N3O5. The molecule has 1 aliphatic heterocycles. The molecule has 19 heavy (non-hydrogen) atoms. The predicted octanol–water partition coefficient (Wildman–Crippen LogP) is -0.866. The molecule has 3 unspecified atom stereocenters. The summed E-state index contributed by atoms with van der Waals surface area (Å²) in [5.74, 6) is -2.07. The molecule has 0 aromatic heterocycles. The Kier molecular flexibility index (Phi) is 5.11. The Balaban J connectivity index is 2.61. The lowest BCUT2D eigenvalue weighted by Crippen LogP contribution is -2.55. The topological polar surface area (TPSA) is 122 Å². The van der Waals surface area contributed by atoms with Crippen molar-refractivity contribution in [3.05, 3.63) is 0 Å². The van der Waals surface area contributed by atoms with Gasteiger partial charge >= 0.3 is 12.0 Å². The summed E-state index contributed by atoms with van der Waals surface area (Å²) in [7, 11) is 0. The number of hydrogen-bond donors (Lipinski definition) is 3. The van der Waals surface area contributed by atoms with E-state index in [2.05, 4.69) is 5.32 Å². The van der Waals surface area contributed by atoms with Gasteiger partial charge < -0.3 is 25.8 Å². The number of carbonyl (C=O) groups excluding carboxylic acids is 2. The predicted molar refractivity (Wildman–Crippen MR) is 65.3 cm³/mol. The van der Waals surface area contributed by atoms with Crippen LogP contribution in [0.15, 0.2) is 0 Å². The average Bonchev–Trinajstić information content (AvgIpc) is 2.25. The van der Waals surface area contributed by atoms with Gasteiger partial charge in [0.1, 0.15) is 6.04 Å². The van der Waals surface area contributed by atoms with Crippen LogP contribution in [0.4, 0.5) is 4.79 Å². The van der Waals surface area contributed by atoms with Crippen molar-refractivity contribution in [3.63, 3.8) is 0 Å². The van der Waals surface area contributed by atoms with Gasteiger partial charge in [0.2, 0.25) is 5.91 Å². The Morgan fingerprint density at radius 2 is 1.89 bits per heavy atom. The minimum Gasteiger partial charge on any atom is -0.480 e. The Bertz CT molecular complexity index is 363. The van der Waals surface area contributed by atoms with Gasteiger partial charge in [0, 0.05) is 13.1 Å². The maximum atomic E-state index is 11.9. The second kappa shape index (κ2) is 6.37. The van der Waals surface area contributed by atoms with Crippen molar-refractivity contribution in [2.24, 2.45) is 5.73 Å². The molecule has 0 spiro atoms. The highest BCUT2D eigenvalue weighted by atomic mass is 16.5. The molecule has 0 aromatic carbocycles. The lowest BCUT2D eigenvalue weighted by molar-refractivity contribution is -0.141. The molecule has 1 aliphatic rings. The monoisotopic (exact) mass is 273 g/mol. The van der Waals surface area contributed by atoms with Crippen molar-refractivity contribution in [1.82, 2.24) is 10.2 Å². The highest BCUT2D eigenvalue weighted by molar-refractivity contribution is 5.87. The van der Waals surface area contributed by atoms with E-state index in [1.807, 2.05) is 13.8 Å². The first-order valence-electron chi connectivity index (χ1n) is 6.01. The summed E-state index contributed by atoms with van der Waals surface area (Å²) in [5, 5.41) is 11.2. The standard InChI is InChI=1S/C11H19N3O5/c1-6-4-14(5-7(2)19-6)11(18)13-8(10(16)17)3-9(12)15/h6-8H,3-5H2,1-2H3,(H2,12,15)(H,13,18)(H,16,17). The maximum Gasteiger partial charge on any atom is 0.326 e. The first-order valence-corrected chi connectivity index (χ1v) is 6.01. The molecule has 0 aliphatic carbocycles. The molecule has 1 heterocycles. The van der Waals surface area contributed by atoms with Gasteiger partial charge in [-0.2, -0.15) is 0 Å². The van der Waals surface area contributed by atoms with Crippen molar-refractivity contribution in [1.29, 1.82) is 0 Å². The van der Waals surface area contributed by atoms with Gasteiger partial charge in [-0.15, -0.1) is 0 Å². The summed E-state index contributed by atoms with van der Waals surface area (Å²) in [6.45, 7) is 4.40. The van der Waals surface area contributed by atoms with Gasteiger partial charge in [0.25, 0.3) is 0 Å². The highest BCUT2D eigenvalue weighted by Crippen LogP contribution is 2.10. The molecule has 1 rings (SSSR count). The highest BCUT2D eigenvalue weighted by Gasteiger charge is 2.29. The summed E-state index contributed by atoms with van der Waals surface area (Å²) < 4.78 is 5.47. The first-order chi connectivity index (χ1) is 8.79. The van der Waals surface area contributed by atoms with Crippen LogP contribution in [-0.2, 0) is 14.3 Å². The van der Waals surface area contributed by atoms with Crippen LogP contribution in [0.5, 0.6) is 0 Å². The van der Waals surface area contributed by atoms with E-state index in [-0.39, 0.29) is 12.2 Å². The Morgan fingerprint density at radius 3 is 2.32 bits per heavy atom. The van der Waals surface area contributed by atoms with Crippen LogP contribution in [0, 0.1) is 0 Å². The van der Waals surface area contributed by atoms with Crippen LogP contribution in [0.3, 0.4) is 0 Å². The summed E-state index contributed by atoms with van der Waals surface area (Å²) in [6.07, 6.45) is -0.667. The SMILES string of the molecule is CC1CN(C(=O)NC(CC(N)=O)C(=O)O)CC(C)O1. The molecular weight excluding hydrogens is 254 g/mol. The number of hydrogen-bond acceptors (Lipinski definition) is 4. The number of ether oxygens (including phenoxy) is 1. The summed E-state index contributed by atoms with van der Waals surface area (Å²) >= 11 is 0. The van der Waals surface area contributed by atoms with Gasteiger partial charge in [-0.3, -0.25) is 4.79 Å². The molecule has 0 bridgehead atoms. The molecule has 8 heteroatoms. The number of carboxylic acids is 1. The third-order valence-electron chi connectivity index (χ3n) is 2.71. The normalized spacial score (nSPS) is 24.6. The van der Waals surface area contributed by atoms with E-state index < -0.39 is 30.4 Å². The van der Waals surface area contributed by atoms with Gasteiger partial charge in [-0.05, 0) is 13.8 Å². The van der Waals surface area contributed by atoms with E-state index in [1.54, 1.807) is 0 Å². The molecule has 8 nitrogen and oxygen atoms in total. The average molecular weight is 273 g/mol. The van der Waals surface area contributed by atoms with Crippen molar-refractivity contribution in [2.75, 3.05) is 13.1 Å². The van der Waals surface area contributed by atoms with Gasteiger partial charge in [0.05, 0.1) is 18.6 Å². The van der Waals surface area contributed by atoms with E-state index in [0.29, 0.717) is 13.1 Å². The van der Waals surface area contributed by atoms with Crippen molar-refractivity contribution in [3.8, 4) is 0 Å². The van der Waals surface area contributed by atoms with E-state index in [1.165, 1.54) is 4.90 Å². The number of carboxylic acid groups (broad SMARTS) is 1. The van der Waals surface area contributed by atoms with E-state index in [4.69, 9.17) is 15.6 Å². The van der Waals surface area contributed by atoms with Gasteiger partial charge in [-0.25, -0.2) is 9.59 Å². The van der Waals surface area contributed by atoms with Crippen LogP contribution in [0.25, 0.3) is 0 Å². The third kappa shape index (κ3) is 4.74. The van der Waals surface area contributed by atoms with Crippen LogP contribution in [-0.4, -0.2) is 59.3 Å². The molecule has 3 atom stereocenters. The van der Waals surface area contributed by atoms with Crippen LogP contribution >= 0.6 is 0 Å². The molecule has 0 saturated carbocycles. The van der Waals surface area contributed by atoms with E-state index in [0.717, 1.165) is 0 Å². The number of carbonyl (C=O) groups is 3. The molecule has 1 fully saturated rings. The van der Waals surface area contributed by atoms with Crippen LogP contribution in [0.1, 0.15) is 20.3 Å². The summed E-state index contributed by atoms with van der Waals surface area (Å²) in [5.41, 5.74) is 4.94. The zero-order chi connectivity index (χ0) is 14.6. The summed E-state index contributed by atoms with van der Waals surface area (Å²) in [6, 6.07) is -1.84.